The van der Waals surface area contributed by atoms with E-state index in [0.29, 0.717) is 18.0 Å². The van der Waals surface area contributed by atoms with Gasteiger partial charge in [0.2, 0.25) is 5.91 Å². The van der Waals surface area contributed by atoms with Crippen molar-refractivity contribution in [1.82, 2.24) is 0 Å². The molecule has 0 atom stereocenters. The molecule has 24 heavy (non-hydrogen) atoms. The molecule has 0 aliphatic rings. The number of amides is 1. The highest BCUT2D eigenvalue weighted by atomic mass is 16.5. The number of carbonyl (C=O) groups is 1. The Morgan fingerprint density at radius 3 is 2.46 bits per heavy atom. The molecule has 4 heteroatoms. The second-order valence-electron chi connectivity index (χ2n) is 5.94. The van der Waals surface area contributed by atoms with E-state index in [1.807, 2.05) is 57.2 Å². The molecule has 1 amide bonds. The fourth-order valence-electron chi connectivity index (χ4n) is 2.34. The Morgan fingerprint density at radius 1 is 1.12 bits per heavy atom. The number of nitrogens with one attached hydrogen (secondary N) is 2. The molecule has 2 aromatic rings. The van der Waals surface area contributed by atoms with Crippen molar-refractivity contribution in [3.05, 3.63) is 65.7 Å². The zero-order chi connectivity index (χ0) is 17.5. The van der Waals surface area contributed by atoms with Crippen LogP contribution in [0.25, 0.3) is 0 Å². The lowest BCUT2D eigenvalue weighted by Crippen LogP contribution is -2.22. The average molecular weight is 324 g/mol. The standard InChI is InChI=1S/C20H24N2O2/c1-14(2)13-24-18-10-6-9-17(11-18)22-19(23)12-21-20-15(3)7-5-8-16(20)4/h5-11,21H,1,12-13H2,2-4H3,(H,22,23). The Labute approximate surface area is 143 Å². The van der Waals surface area contributed by atoms with Crippen LogP contribution in [-0.2, 0) is 4.79 Å². The Bertz CT molecular complexity index is 718. The quantitative estimate of drug-likeness (QED) is 0.746. The maximum Gasteiger partial charge on any atom is 0.243 e. The van der Waals surface area contributed by atoms with Crippen LogP contribution in [0.15, 0.2) is 54.6 Å². The van der Waals surface area contributed by atoms with E-state index in [1.54, 1.807) is 6.07 Å². The van der Waals surface area contributed by atoms with Crippen molar-refractivity contribution >= 4 is 17.3 Å². The van der Waals surface area contributed by atoms with Gasteiger partial charge >= 0.3 is 0 Å². The molecule has 0 saturated carbocycles. The largest absolute Gasteiger partial charge is 0.489 e. The molecule has 2 rings (SSSR count). The first-order valence-electron chi connectivity index (χ1n) is 7.93. The van der Waals surface area contributed by atoms with Gasteiger partial charge in [-0.1, -0.05) is 30.8 Å². The summed E-state index contributed by atoms with van der Waals surface area (Å²) >= 11 is 0. The summed E-state index contributed by atoms with van der Waals surface area (Å²) in [5, 5.41) is 6.08. The van der Waals surface area contributed by atoms with E-state index in [0.717, 1.165) is 22.4 Å². The lowest BCUT2D eigenvalue weighted by molar-refractivity contribution is -0.114. The number of benzene rings is 2. The van der Waals surface area contributed by atoms with E-state index < -0.39 is 0 Å². The van der Waals surface area contributed by atoms with Crippen molar-refractivity contribution in [3.8, 4) is 5.75 Å². The van der Waals surface area contributed by atoms with Crippen LogP contribution in [0.4, 0.5) is 11.4 Å². The van der Waals surface area contributed by atoms with Gasteiger partial charge in [0.15, 0.2) is 0 Å². The van der Waals surface area contributed by atoms with Crippen LogP contribution in [0.2, 0.25) is 0 Å². The summed E-state index contributed by atoms with van der Waals surface area (Å²) in [6.07, 6.45) is 0. The minimum Gasteiger partial charge on any atom is -0.489 e. The lowest BCUT2D eigenvalue weighted by atomic mass is 10.1. The predicted molar refractivity (Wildman–Crippen MR) is 99.8 cm³/mol. The first-order valence-corrected chi connectivity index (χ1v) is 7.93. The molecule has 0 heterocycles. The first-order chi connectivity index (χ1) is 11.5. The van der Waals surface area contributed by atoms with Gasteiger partial charge < -0.3 is 15.4 Å². The summed E-state index contributed by atoms with van der Waals surface area (Å²) in [5.74, 6) is 0.605. The number of hydrogen-bond donors (Lipinski definition) is 2. The van der Waals surface area contributed by atoms with E-state index in [9.17, 15) is 4.79 Å². The number of aryl methyl sites for hydroxylation is 2. The van der Waals surface area contributed by atoms with Crippen LogP contribution in [0.5, 0.6) is 5.75 Å². The Morgan fingerprint density at radius 2 is 1.79 bits per heavy atom. The lowest BCUT2D eigenvalue weighted by Gasteiger charge is -2.13. The van der Waals surface area contributed by atoms with Gasteiger partial charge in [0.05, 0.1) is 6.54 Å². The zero-order valence-electron chi connectivity index (χ0n) is 14.5. The van der Waals surface area contributed by atoms with Gasteiger partial charge in [-0.2, -0.15) is 0 Å². The van der Waals surface area contributed by atoms with Gasteiger partial charge in [-0.25, -0.2) is 0 Å². The SMILES string of the molecule is C=C(C)COc1cccc(NC(=O)CNc2c(C)cccc2C)c1. The summed E-state index contributed by atoms with van der Waals surface area (Å²) in [7, 11) is 0. The number of carbonyl (C=O) groups excluding carboxylic acids is 1. The second kappa shape index (κ2) is 8.20. The average Bonchev–Trinajstić information content (AvgIpc) is 2.53. The van der Waals surface area contributed by atoms with E-state index in [-0.39, 0.29) is 12.5 Å². The molecule has 0 aliphatic heterocycles. The summed E-state index contributed by atoms with van der Waals surface area (Å²) in [5.41, 5.74) is 4.91. The van der Waals surface area contributed by atoms with Crippen LogP contribution in [0.1, 0.15) is 18.1 Å². The number of anilines is 2. The van der Waals surface area contributed by atoms with Gasteiger partial charge in [-0.3, -0.25) is 4.79 Å². The third-order valence-electron chi connectivity index (χ3n) is 3.51. The smallest absolute Gasteiger partial charge is 0.243 e. The first kappa shape index (κ1) is 17.6. The number of hydrogen-bond acceptors (Lipinski definition) is 3. The van der Waals surface area contributed by atoms with Gasteiger partial charge in [0.25, 0.3) is 0 Å². The monoisotopic (exact) mass is 324 g/mol. The third kappa shape index (κ3) is 5.16. The fraction of sp³-hybridized carbons (Fsp3) is 0.250. The maximum atomic E-state index is 12.2. The third-order valence-corrected chi connectivity index (χ3v) is 3.51. The summed E-state index contributed by atoms with van der Waals surface area (Å²) in [4.78, 5) is 12.2. The predicted octanol–water partition coefficient (Wildman–Crippen LogP) is 4.31. The molecule has 0 fully saturated rings. The summed E-state index contributed by atoms with van der Waals surface area (Å²) < 4.78 is 5.58. The van der Waals surface area contributed by atoms with Crippen molar-refractivity contribution in [2.45, 2.75) is 20.8 Å². The molecule has 0 spiro atoms. The second-order valence-corrected chi connectivity index (χ2v) is 5.94. The Hall–Kier alpha value is -2.75. The highest BCUT2D eigenvalue weighted by Gasteiger charge is 2.06. The molecule has 126 valence electrons. The van der Waals surface area contributed by atoms with E-state index in [2.05, 4.69) is 17.2 Å². The molecule has 0 saturated heterocycles. The normalized spacial score (nSPS) is 10.1. The summed E-state index contributed by atoms with van der Waals surface area (Å²) in [6, 6.07) is 13.4. The highest BCUT2D eigenvalue weighted by molar-refractivity contribution is 5.94. The highest BCUT2D eigenvalue weighted by Crippen LogP contribution is 2.20. The van der Waals surface area contributed by atoms with E-state index >= 15 is 0 Å². The van der Waals surface area contributed by atoms with Crippen molar-refractivity contribution < 1.29 is 9.53 Å². The van der Waals surface area contributed by atoms with Gasteiger partial charge in [0, 0.05) is 17.4 Å². The van der Waals surface area contributed by atoms with Crippen LogP contribution in [0.3, 0.4) is 0 Å². The van der Waals surface area contributed by atoms with Crippen LogP contribution < -0.4 is 15.4 Å². The van der Waals surface area contributed by atoms with E-state index in [4.69, 9.17) is 4.74 Å². The molecule has 0 bridgehead atoms. The summed E-state index contributed by atoms with van der Waals surface area (Å²) in [6.45, 7) is 10.4. The zero-order valence-corrected chi connectivity index (χ0v) is 14.5. The van der Waals surface area contributed by atoms with Crippen LogP contribution >= 0.6 is 0 Å². The van der Waals surface area contributed by atoms with Gasteiger partial charge in [0.1, 0.15) is 12.4 Å². The minimum absolute atomic E-state index is 0.102. The molecule has 0 unspecified atom stereocenters. The minimum atomic E-state index is -0.102. The van der Waals surface area contributed by atoms with Gasteiger partial charge in [-0.05, 0) is 49.6 Å². The molecule has 4 nitrogen and oxygen atoms in total. The Balaban J connectivity index is 1.92. The molecule has 0 radical (unpaired) electrons. The topological polar surface area (TPSA) is 50.4 Å². The van der Waals surface area contributed by atoms with Crippen molar-refractivity contribution in [3.63, 3.8) is 0 Å². The molecule has 0 aromatic heterocycles. The number of para-hydroxylation sites is 1. The molecule has 0 aliphatic carbocycles. The molecule has 2 aromatic carbocycles. The Kier molecular flexibility index (Phi) is 6.01. The van der Waals surface area contributed by atoms with Crippen molar-refractivity contribution in [1.29, 1.82) is 0 Å². The maximum absolute atomic E-state index is 12.2. The number of rotatable bonds is 7. The fourth-order valence-corrected chi connectivity index (χ4v) is 2.34. The van der Waals surface area contributed by atoms with Crippen LogP contribution in [0, 0.1) is 13.8 Å². The van der Waals surface area contributed by atoms with Gasteiger partial charge in [-0.15, -0.1) is 0 Å². The van der Waals surface area contributed by atoms with Crippen molar-refractivity contribution in [2.75, 3.05) is 23.8 Å². The van der Waals surface area contributed by atoms with E-state index in [1.165, 1.54) is 0 Å². The molecular weight excluding hydrogens is 300 g/mol. The number of ether oxygens (including phenoxy) is 1. The molecule has 2 N–H and O–H groups in total. The van der Waals surface area contributed by atoms with Crippen molar-refractivity contribution in [2.24, 2.45) is 0 Å². The van der Waals surface area contributed by atoms with Crippen LogP contribution in [-0.4, -0.2) is 19.1 Å². The molecular formula is C20H24N2O2.